The Labute approximate surface area is 103 Å². The van der Waals surface area contributed by atoms with Gasteiger partial charge >= 0.3 is 59.1 Å². The molecule has 0 atom stereocenters. The summed E-state index contributed by atoms with van der Waals surface area (Å²) < 4.78 is 26.7. The fourth-order valence-electron chi connectivity index (χ4n) is 0. The van der Waals surface area contributed by atoms with Crippen molar-refractivity contribution >= 4 is 20.2 Å². The first-order chi connectivity index (χ1) is 3.00. The van der Waals surface area contributed by atoms with E-state index in [9.17, 15) is 0 Å². The molecular formula is H4N2Na2O3S2. The standard InChI is InChI=1S/H4N2.2Na.H2O3S2/c1-2;;;1-5(2,3)4/h1-2H2;;;(H2,1,2,3,4)/q;2*+1;/p-2. The van der Waals surface area contributed by atoms with Crippen LogP contribution in [0, 0.1) is 0 Å². The molecule has 0 amide bonds. The Morgan fingerprint density at radius 3 is 1.22 bits per heavy atom. The van der Waals surface area contributed by atoms with Crippen LogP contribution in [-0.2, 0) is 20.2 Å². The number of hydrazine groups is 1. The average Bonchev–Trinajstić information content (AvgIpc) is 1.36. The van der Waals surface area contributed by atoms with Crippen LogP contribution in [0.4, 0.5) is 0 Å². The normalized spacial score (nSPS) is 7.11. The van der Waals surface area contributed by atoms with Crippen LogP contribution < -0.4 is 70.8 Å². The number of hydrogen-bond donors (Lipinski definition) is 2. The van der Waals surface area contributed by atoms with Gasteiger partial charge in [-0.15, -0.1) is 9.05 Å². The zero-order valence-electron chi connectivity index (χ0n) is 5.20. The van der Waals surface area contributed by atoms with Crippen LogP contribution in [0.2, 0.25) is 0 Å². The quantitative estimate of drug-likeness (QED) is 0.223. The molecule has 0 aromatic carbocycles. The molecule has 0 unspecified atom stereocenters. The zero-order valence-corrected chi connectivity index (χ0v) is 10.8. The van der Waals surface area contributed by atoms with Crippen molar-refractivity contribution in [3.05, 3.63) is 0 Å². The van der Waals surface area contributed by atoms with Gasteiger partial charge in [0.2, 0.25) is 0 Å². The van der Waals surface area contributed by atoms with Crippen molar-refractivity contribution in [2.45, 2.75) is 0 Å². The van der Waals surface area contributed by atoms with E-state index in [0.717, 1.165) is 0 Å². The maximum Gasteiger partial charge on any atom is 1.00 e. The molecule has 0 aliphatic rings. The maximum absolute atomic E-state index is 8.89. The third-order valence-corrected chi connectivity index (χ3v) is 0. The van der Waals surface area contributed by atoms with E-state index in [2.05, 4.69) is 22.9 Å². The van der Waals surface area contributed by atoms with Crippen molar-refractivity contribution < 1.29 is 72.4 Å². The molecule has 0 bridgehead atoms. The molecule has 9 heavy (non-hydrogen) atoms. The summed E-state index contributed by atoms with van der Waals surface area (Å²) in [4.78, 5) is 0. The first kappa shape index (κ1) is 22.5. The molecule has 0 heterocycles. The molecule has 5 nitrogen and oxygen atoms in total. The molecule has 0 saturated heterocycles. The van der Waals surface area contributed by atoms with Gasteiger partial charge in [0.25, 0.3) is 0 Å². The SMILES string of the molecule is NN.O=S([O-])([O-])=S.[Na+].[Na+]. The zero-order chi connectivity index (χ0) is 6.50. The summed E-state index contributed by atoms with van der Waals surface area (Å²) in [6.45, 7) is 0. The van der Waals surface area contributed by atoms with Gasteiger partial charge in [-0.2, -0.15) is 0 Å². The monoisotopic (exact) mass is 190 g/mol. The minimum atomic E-state index is -4.33. The van der Waals surface area contributed by atoms with Crippen molar-refractivity contribution in [2.24, 2.45) is 11.7 Å². The largest absolute Gasteiger partial charge is 1.00 e. The molecule has 0 rings (SSSR count). The molecular weight excluding hydrogens is 186 g/mol. The molecule has 0 saturated carbocycles. The van der Waals surface area contributed by atoms with Crippen molar-refractivity contribution in [3.8, 4) is 0 Å². The van der Waals surface area contributed by atoms with Crippen LogP contribution in [0.15, 0.2) is 0 Å². The first-order valence-electron chi connectivity index (χ1n) is 1.00. The van der Waals surface area contributed by atoms with Crippen molar-refractivity contribution in [1.82, 2.24) is 0 Å². The molecule has 0 radical (unpaired) electrons. The number of rotatable bonds is 0. The molecule has 0 spiro atoms. The molecule has 0 aliphatic heterocycles. The van der Waals surface area contributed by atoms with E-state index in [1.165, 1.54) is 0 Å². The summed E-state index contributed by atoms with van der Waals surface area (Å²) in [7, 11) is -4.33. The summed E-state index contributed by atoms with van der Waals surface area (Å²) in [5.74, 6) is 8.00. The second-order valence-electron chi connectivity index (χ2n) is 0.408. The Morgan fingerprint density at radius 1 is 1.22 bits per heavy atom. The predicted molar refractivity (Wildman–Crippen MR) is 25.4 cm³/mol. The smallest absolute Gasteiger partial charge is 0.780 e. The van der Waals surface area contributed by atoms with E-state index >= 15 is 0 Å². The number of hydrogen-bond acceptors (Lipinski definition) is 6. The minimum Gasteiger partial charge on any atom is -0.780 e. The third-order valence-electron chi connectivity index (χ3n) is 0. The molecule has 46 valence electrons. The van der Waals surface area contributed by atoms with Gasteiger partial charge in [-0.05, 0) is 11.2 Å². The van der Waals surface area contributed by atoms with Crippen LogP contribution in [0.25, 0.3) is 0 Å². The maximum atomic E-state index is 8.89. The van der Waals surface area contributed by atoms with Gasteiger partial charge in [0.1, 0.15) is 0 Å². The Balaban J connectivity index is -0.0000000286. The van der Waals surface area contributed by atoms with Crippen LogP contribution in [0.3, 0.4) is 0 Å². The van der Waals surface area contributed by atoms with Crippen LogP contribution in [0.1, 0.15) is 0 Å². The van der Waals surface area contributed by atoms with Gasteiger partial charge in [-0.1, -0.05) is 0 Å². The van der Waals surface area contributed by atoms with Crippen molar-refractivity contribution in [3.63, 3.8) is 0 Å². The summed E-state index contributed by atoms with van der Waals surface area (Å²) >= 11 is 3.24. The van der Waals surface area contributed by atoms with E-state index in [1.54, 1.807) is 0 Å². The van der Waals surface area contributed by atoms with E-state index in [1.807, 2.05) is 0 Å². The van der Waals surface area contributed by atoms with Crippen LogP contribution in [0.5, 0.6) is 0 Å². The summed E-state index contributed by atoms with van der Waals surface area (Å²) in [6.07, 6.45) is 0. The minimum absolute atomic E-state index is 0. The molecule has 0 fully saturated rings. The van der Waals surface area contributed by atoms with Crippen molar-refractivity contribution in [2.75, 3.05) is 0 Å². The van der Waals surface area contributed by atoms with Crippen LogP contribution >= 0.6 is 0 Å². The van der Waals surface area contributed by atoms with E-state index < -0.39 is 9.05 Å². The molecule has 0 aromatic rings. The molecule has 0 aliphatic carbocycles. The third kappa shape index (κ3) is 141. The molecule has 0 aromatic heterocycles. The summed E-state index contributed by atoms with van der Waals surface area (Å²) in [5, 5.41) is 0. The fraction of sp³-hybridized carbons (Fsp3) is 0. The van der Waals surface area contributed by atoms with Gasteiger partial charge in [0.15, 0.2) is 0 Å². The van der Waals surface area contributed by atoms with Gasteiger partial charge in [0.05, 0.1) is 0 Å². The first-order valence-corrected chi connectivity index (χ1v) is 3.33. The Bertz CT molecular complexity index is 101. The number of nitrogens with two attached hydrogens (primary N) is 2. The van der Waals surface area contributed by atoms with Gasteiger partial charge in [-0.25, -0.2) is 0 Å². The Morgan fingerprint density at radius 2 is 1.22 bits per heavy atom. The predicted octanol–water partition coefficient (Wildman–Crippen LogP) is -8.18. The van der Waals surface area contributed by atoms with E-state index in [-0.39, 0.29) is 59.1 Å². The summed E-state index contributed by atoms with van der Waals surface area (Å²) in [5.41, 5.74) is 0. The van der Waals surface area contributed by atoms with Gasteiger partial charge < -0.3 is 9.11 Å². The van der Waals surface area contributed by atoms with Gasteiger partial charge in [0, 0.05) is 0 Å². The van der Waals surface area contributed by atoms with E-state index in [0.29, 0.717) is 0 Å². The Kier molecular flexibility index (Phi) is 32.1. The fourth-order valence-corrected chi connectivity index (χ4v) is 0. The van der Waals surface area contributed by atoms with Crippen LogP contribution in [-0.4, -0.2) is 13.3 Å². The van der Waals surface area contributed by atoms with Gasteiger partial charge in [-0.3, -0.25) is 15.9 Å². The summed E-state index contributed by atoms with van der Waals surface area (Å²) in [6, 6.07) is 0. The average molecular weight is 190 g/mol. The second kappa shape index (κ2) is 12.8. The topological polar surface area (TPSA) is 115 Å². The molecule has 9 heteroatoms. The van der Waals surface area contributed by atoms with E-state index in [4.69, 9.17) is 13.3 Å². The Hall–Kier alpha value is 2.21. The van der Waals surface area contributed by atoms with Crippen molar-refractivity contribution in [1.29, 1.82) is 0 Å². The second-order valence-corrected chi connectivity index (χ2v) is 2.45. The molecule has 4 N–H and O–H groups in total.